The van der Waals surface area contributed by atoms with E-state index in [1.54, 1.807) is 16.0 Å². The Hall–Kier alpha value is -2.76. The third-order valence-electron chi connectivity index (χ3n) is 6.53. The predicted octanol–water partition coefficient (Wildman–Crippen LogP) is 3.96. The summed E-state index contributed by atoms with van der Waals surface area (Å²) in [6, 6.07) is 1.65. The summed E-state index contributed by atoms with van der Waals surface area (Å²) in [5.41, 5.74) is 3.08. The Kier molecular flexibility index (Phi) is 5.62. The quantitative estimate of drug-likeness (QED) is 0.541. The molecule has 3 aliphatic heterocycles. The third-order valence-corrected chi connectivity index (χ3v) is 9.46. The van der Waals surface area contributed by atoms with Gasteiger partial charge < -0.3 is 20.7 Å². The van der Waals surface area contributed by atoms with Crippen LogP contribution in [-0.2, 0) is 4.74 Å². The molecule has 11 heteroatoms. The van der Waals surface area contributed by atoms with E-state index in [-0.39, 0.29) is 24.1 Å². The zero-order valence-corrected chi connectivity index (χ0v) is 20.4. The number of anilines is 2. The van der Waals surface area contributed by atoms with Gasteiger partial charge in [-0.15, -0.1) is 11.3 Å². The third kappa shape index (κ3) is 3.81. The van der Waals surface area contributed by atoms with Crippen LogP contribution in [0.2, 0.25) is 0 Å². The SMILES string of the molecule is CC1=S(N2C(=O)Nc3c(C(=O)N[C@@H]4CCNC4)sc4nccc2c34)C=NC(OC2CCCC2)=C1. The lowest BCUT2D eigenvalue weighted by molar-refractivity contribution is 0.0945. The highest BCUT2D eigenvalue weighted by Gasteiger charge is 2.34. The van der Waals surface area contributed by atoms with Crippen LogP contribution in [0.5, 0.6) is 0 Å². The van der Waals surface area contributed by atoms with E-state index in [9.17, 15) is 9.59 Å². The molecule has 34 heavy (non-hydrogen) atoms. The molecule has 1 aliphatic carbocycles. The maximum atomic E-state index is 13.4. The normalized spacial score (nSPS) is 24.5. The molecule has 3 N–H and O–H groups in total. The number of carbonyl (C=O) groups is 2. The molecule has 2 aromatic heterocycles. The van der Waals surface area contributed by atoms with Crippen LogP contribution in [0.25, 0.3) is 10.2 Å². The Morgan fingerprint density at radius 1 is 1.32 bits per heavy atom. The summed E-state index contributed by atoms with van der Waals surface area (Å²) < 4.78 is 7.77. The monoisotopic (exact) mass is 498 g/mol. The lowest BCUT2D eigenvalue weighted by Gasteiger charge is -2.31. The Morgan fingerprint density at radius 3 is 2.94 bits per heavy atom. The molecule has 2 atom stereocenters. The van der Waals surface area contributed by atoms with E-state index < -0.39 is 10.7 Å². The van der Waals surface area contributed by atoms with Gasteiger partial charge in [-0.2, -0.15) is 0 Å². The molecule has 1 unspecified atom stereocenters. The van der Waals surface area contributed by atoms with Crippen LogP contribution in [0.15, 0.2) is 29.2 Å². The number of amides is 3. The molecule has 0 aromatic carbocycles. The molecule has 1 saturated heterocycles. The van der Waals surface area contributed by atoms with Gasteiger partial charge in [0.15, 0.2) is 0 Å². The van der Waals surface area contributed by atoms with Crippen LogP contribution in [0.1, 0.15) is 48.7 Å². The van der Waals surface area contributed by atoms with Crippen molar-refractivity contribution in [1.82, 2.24) is 15.6 Å². The molecule has 3 amide bonds. The van der Waals surface area contributed by atoms with Crippen molar-refractivity contribution >= 4 is 65.9 Å². The maximum Gasteiger partial charge on any atom is 0.336 e. The number of carbonyl (C=O) groups excluding carboxylic acids is 2. The van der Waals surface area contributed by atoms with Crippen molar-refractivity contribution in [3.8, 4) is 0 Å². The number of aromatic nitrogens is 1. The summed E-state index contributed by atoms with van der Waals surface area (Å²) in [6.07, 6.45) is 9.27. The van der Waals surface area contributed by atoms with Gasteiger partial charge in [-0.25, -0.2) is 19.1 Å². The average molecular weight is 499 g/mol. The van der Waals surface area contributed by atoms with E-state index in [0.717, 1.165) is 53.1 Å². The number of allylic oxidation sites excluding steroid dienone is 1. The average Bonchev–Trinajstić information content (AvgIpc) is 3.58. The van der Waals surface area contributed by atoms with Crippen molar-refractivity contribution in [3.63, 3.8) is 0 Å². The van der Waals surface area contributed by atoms with Crippen LogP contribution in [-0.4, -0.2) is 52.6 Å². The number of thiophene rings is 1. The first-order valence-corrected chi connectivity index (χ1v) is 13.7. The second-order valence-corrected chi connectivity index (χ2v) is 11.7. The van der Waals surface area contributed by atoms with Crippen LogP contribution in [0, 0.1) is 0 Å². The zero-order valence-electron chi connectivity index (χ0n) is 18.8. The number of nitrogens with one attached hydrogen (secondary N) is 3. The first kappa shape index (κ1) is 21.8. The fraction of sp³-hybridized carbons (Fsp3) is 0.435. The highest BCUT2D eigenvalue weighted by atomic mass is 32.2. The maximum absolute atomic E-state index is 13.4. The van der Waals surface area contributed by atoms with Crippen molar-refractivity contribution in [3.05, 3.63) is 29.1 Å². The number of rotatable bonds is 5. The van der Waals surface area contributed by atoms with Gasteiger partial charge in [-0.05, 0) is 62.3 Å². The molecule has 1 saturated carbocycles. The molecule has 6 rings (SSSR count). The van der Waals surface area contributed by atoms with Crippen LogP contribution < -0.4 is 20.3 Å². The standard InChI is InChI=1S/C23H26N6O3S2/c1-13-10-17(32-15-4-2-3-5-15)26-12-34(13)29-16-7-9-25-22-18(16)19(28-23(29)31)20(33-22)21(30)27-14-6-8-24-11-14/h7,9-10,12,14-15,24H,2-6,8,11H2,1H3,(H,27,30)(H,28,31)/t14-,34?/m1/s1. The Bertz CT molecular complexity index is 1270. The minimum Gasteiger partial charge on any atom is -0.474 e. The fourth-order valence-corrected chi connectivity index (χ4v) is 7.42. The summed E-state index contributed by atoms with van der Waals surface area (Å²) in [4.78, 5) is 37.6. The number of ether oxygens (including phenoxy) is 1. The number of pyridine rings is 1. The molecule has 9 nitrogen and oxygen atoms in total. The number of nitrogens with zero attached hydrogens (tertiary/aromatic N) is 3. The molecule has 5 heterocycles. The highest BCUT2D eigenvalue weighted by molar-refractivity contribution is 8.28. The van der Waals surface area contributed by atoms with Crippen LogP contribution >= 0.6 is 22.0 Å². The second kappa shape index (κ2) is 8.79. The molecule has 178 valence electrons. The van der Waals surface area contributed by atoms with Crippen LogP contribution in [0.4, 0.5) is 16.2 Å². The van der Waals surface area contributed by atoms with Gasteiger partial charge in [0.2, 0.25) is 5.88 Å². The topological polar surface area (TPSA) is 108 Å². The molecule has 2 fully saturated rings. The molecule has 0 spiro atoms. The summed E-state index contributed by atoms with van der Waals surface area (Å²) in [7, 11) is -0.691. The van der Waals surface area contributed by atoms with E-state index in [1.165, 1.54) is 24.2 Å². The fourth-order valence-electron chi connectivity index (χ4n) is 4.84. The number of hydrogen-bond acceptors (Lipinski definition) is 7. The van der Waals surface area contributed by atoms with E-state index >= 15 is 0 Å². The van der Waals surface area contributed by atoms with Gasteiger partial charge in [0, 0.05) is 29.7 Å². The van der Waals surface area contributed by atoms with Crippen molar-refractivity contribution in [2.75, 3.05) is 22.7 Å². The van der Waals surface area contributed by atoms with Gasteiger partial charge in [-0.1, -0.05) is 0 Å². The van der Waals surface area contributed by atoms with E-state index in [4.69, 9.17) is 4.74 Å². The van der Waals surface area contributed by atoms with E-state index in [1.807, 2.05) is 19.1 Å². The van der Waals surface area contributed by atoms with Crippen molar-refractivity contribution in [2.45, 2.75) is 51.2 Å². The predicted molar refractivity (Wildman–Crippen MR) is 138 cm³/mol. The summed E-state index contributed by atoms with van der Waals surface area (Å²) in [6.45, 7) is 3.64. The first-order chi connectivity index (χ1) is 16.6. The lowest BCUT2D eigenvalue weighted by Crippen LogP contribution is -2.38. The van der Waals surface area contributed by atoms with Gasteiger partial charge >= 0.3 is 6.03 Å². The number of hydrogen-bond donors (Lipinski definition) is 3. The van der Waals surface area contributed by atoms with Gasteiger partial charge in [-0.3, -0.25) is 4.79 Å². The van der Waals surface area contributed by atoms with E-state index in [2.05, 4.69) is 25.9 Å². The van der Waals surface area contributed by atoms with Gasteiger partial charge in [0.25, 0.3) is 5.91 Å². The van der Waals surface area contributed by atoms with E-state index in [0.29, 0.717) is 16.4 Å². The summed E-state index contributed by atoms with van der Waals surface area (Å²) >= 11 is 1.31. The number of aliphatic imine (C=N–C) groups is 1. The minimum absolute atomic E-state index is 0.0951. The molecule has 2 aromatic rings. The Morgan fingerprint density at radius 2 is 2.18 bits per heavy atom. The molecule has 4 aliphatic rings. The van der Waals surface area contributed by atoms with Crippen molar-refractivity contribution in [1.29, 1.82) is 0 Å². The number of urea groups is 1. The molecular weight excluding hydrogens is 472 g/mol. The summed E-state index contributed by atoms with van der Waals surface area (Å²) in [5, 5.41) is 10.1. The molecular formula is C23H26N6O3S2. The van der Waals surface area contributed by atoms with Gasteiger partial charge in [0.1, 0.15) is 15.8 Å². The first-order valence-electron chi connectivity index (χ1n) is 11.6. The van der Waals surface area contributed by atoms with Crippen molar-refractivity contribution in [2.24, 2.45) is 4.99 Å². The molecule has 0 bridgehead atoms. The minimum atomic E-state index is -0.691. The molecule has 0 radical (unpaired) electrons. The van der Waals surface area contributed by atoms with Gasteiger partial charge in [0.05, 0.1) is 22.3 Å². The Labute approximate surface area is 203 Å². The zero-order chi connectivity index (χ0) is 23.2. The summed E-state index contributed by atoms with van der Waals surface area (Å²) in [5.74, 6) is 0.439. The van der Waals surface area contributed by atoms with Crippen molar-refractivity contribution < 1.29 is 14.3 Å². The second-order valence-electron chi connectivity index (χ2n) is 8.87. The largest absolute Gasteiger partial charge is 0.474 e. The van der Waals surface area contributed by atoms with Crippen LogP contribution in [0.3, 0.4) is 0 Å². The lowest BCUT2D eigenvalue weighted by atomic mass is 10.2. The smallest absolute Gasteiger partial charge is 0.336 e. The highest BCUT2D eigenvalue weighted by Crippen LogP contribution is 2.47. The Balaban J connectivity index is 1.34.